The Balaban J connectivity index is 2.48. The highest BCUT2D eigenvalue weighted by atomic mass is 35.5. The summed E-state index contributed by atoms with van der Waals surface area (Å²) in [5.41, 5.74) is 0. The third-order valence-corrected chi connectivity index (χ3v) is 2.93. The summed E-state index contributed by atoms with van der Waals surface area (Å²) in [7, 11) is 1.72. The van der Waals surface area contributed by atoms with Crippen LogP contribution in [0.4, 0.5) is 4.79 Å². The van der Waals surface area contributed by atoms with Gasteiger partial charge in [0.25, 0.3) is 0 Å². The molecule has 1 rings (SSSR count). The number of aromatic nitrogens is 1. The third kappa shape index (κ3) is 3.36. The zero-order chi connectivity index (χ0) is 10.6. The van der Waals surface area contributed by atoms with Crippen molar-refractivity contribution in [1.82, 2.24) is 14.6 Å². The van der Waals surface area contributed by atoms with Crippen LogP contribution < -0.4 is 4.72 Å². The fourth-order valence-corrected chi connectivity index (χ4v) is 2.19. The molecule has 2 amide bonds. The van der Waals surface area contributed by atoms with Gasteiger partial charge < -0.3 is 4.90 Å². The summed E-state index contributed by atoms with van der Waals surface area (Å²) in [6, 6.07) is -0.123. The van der Waals surface area contributed by atoms with Crippen LogP contribution in [0.25, 0.3) is 0 Å². The molecular weight excluding hydrogens is 242 g/mol. The number of carbonyl (C=O) groups excluding carboxylic acids is 1. The van der Waals surface area contributed by atoms with E-state index in [0.29, 0.717) is 11.0 Å². The monoisotopic (exact) mass is 251 g/mol. The SMILES string of the molecule is CSNC(=O)N(C)Cc1cnc(Cl)s1. The molecule has 0 fully saturated rings. The lowest BCUT2D eigenvalue weighted by Crippen LogP contribution is -2.32. The zero-order valence-electron chi connectivity index (χ0n) is 7.78. The van der Waals surface area contributed by atoms with Gasteiger partial charge in [-0.15, -0.1) is 11.3 Å². The Bertz CT molecular complexity index is 318. The molecule has 78 valence electrons. The molecule has 0 aromatic carbocycles. The average Bonchev–Trinajstić information content (AvgIpc) is 2.51. The van der Waals surface area contributed by atoms with Crippen molar-refractivity contribution in [1.29, 1.82) is 0 Å². The molecule has 1 aromatic heterocycles. The number of rotatable bonds is 3. The van der Waals surface area contributed by atoms with Crippen molar-refractivity contribution in [2.45, 2.75) is 6.54 Å². The van der Waals surface area contributed by atoms with Crippen molar-refractivity contribution in [2.75, 3.05) is 13.3 Å². The van der Waals surface area contributed by atoms with Crippen LogP contribution in [0.1, 0.15) is 4.88 Å². The summed E-state index contributed by atoms with van der Waals surface area (Å²) in [4.78, 5) is 17.7. The van der Waals surface area contributed by atoms with Gasteiger partial charge in [0.1, 0.15) is 0 Å². The highest BCUT2D eigenvalue weighted by molar-refractivity contribution is 7.97. The maximum absolute atomic E-state index is 11.3. The van der Waals surface area contributed by atoms with Gasteiger partial charge in [-0.3, -0.25) is 4.72 Å². The Labute approximate surface area is 95.8 Å². The van der Waals surface area contributed by atoms with Crippen molar-refractivity contribution in [3.8, 4) is 0 Å². The van der Waals surface area contributed by atoms with E-state index in [2.05, 4.69) is 9.71 Å². The van der Waals surface area contributed by atoms with E-state index >= 15 is 0 Å². The number of hydrogen-bond acceptors (Lipinski definition) is 4. The molecule has 1 aromatic rings. The predicted molar refractivity (Wildman–Crippen MR) is 60.6 cm³/mol. The van der Waals surface area contributed by atoms with Gasteiger partial charge in [-0.1, -0.05) is 23.5 Å². The Hall–Kier alpha value is -0.460. The lowest BCUT2D eigenvalue weighted by atomic mass is 10.5. The first kappa shape index (κ1) is 11.6. The molecule has 0 bridgehead atoms. The first-order valence-corrected chi connectivity index (χ1v) is 6.19. The minimum absolute atomic E-state index is 0.123. The summed E-state index contributed by atoms with van der Waals surface area (Å²) in [6.07, 6.45) is 3.48. The maximum Gasteiger partial charge on any atom is 0.327 e. The topological polar surface area (TPSA) is 45.2 Å². The van der Waals surface area contributed by atoms with E-state index < -0.39 is 0 Å². The molecule has 0 saturated heterocycles. The van der Waals surface area contributed by atoms with Crippen LogP contribution in [-0.2, 0) is 6.54 Å². The second kappa shape index (κ2) is 5.43. The summed E-state index contributed by atoms with van der Waals surface area (Å²) in [6.45, 7) is 0.525. The smallest absolute Gasteiger partial charge is 0.322 e. The molecule has 1 N–H and O–H groups in total. The lowest BCUT2D eigenvalue weighted by Gasteiger charge is -2.15. The van der Waals surface area contributed by atoms with E-state index in [1.807, 2.05) is 0 Å². The van der Waals surface area contributed by atoms with E-state index in [4.69, 9.17) is 11.6 Å². The molecule has 0 aliphatic carbocycles. The second-order valence-electron chi connectivity index (χ2n) is 2.55. The normalized spacial score (nSPS) is 9.93. The Morgan fingerprint density at radius 1 is 1.86 bits per heavy atom. The van der Waals surface area contributed by atoms with Gasteiger partial charge in [-0.2, -0.15) is 0 Å². The molecule has 14 heavy (non-hydrogen) atoms. The molecule has 0 saturated carbocycles. The molecule has 0 aliphatic heterocycles. The second-order valence-corrected chi connectivity index (χ2v) is 4.86. The Kier molecular flexibility index (Phi) is 4.50. The van der Waals surface area contributed by atoms with Crippen molar-refractivity contribution in [3.63, 3.8) is 0 Å². The molecule has 0 spiro atoms. The average molecular weight is 252 g/mol. The van der Waals surface area contributed by atoms with Crippen LogP contribution in [0, 0.1) is 0 Å². The quantitative estimate of drug-likeness (QED) is 0.838. The standard InChI is InChI=1S/C7H10ClN3OS2/c1-11(7(12)10-13-2)4-5-3-9-6(8)14-5/h3H,4H2,1-2H3,(H,10,12). The number of nitrogens with zero attached hydrogens (tertiary/aromatic N) is 2. The summed E-state index contributed by atoms with van der Waals surface area (Å²) >= 11 is 8.32. The number of nitrogens with one attached hydrogen (secondary N) is 1. The molecule has 1 heterocycles. The van der Waals surface area contributed by atoms with Crippen LogP contribution in [-0.4, -0.2) is 29.2 Å². The molecule has 7 heteroatoms. The third-order valence-electron chi connectivity index (χ3n) is 1.45. The van der Waals surface area contributed by atoms with E-state index in [9.17, 15) is 4.79 Å². The van der Waals surface area contributed by atoms with Gasteiger partial charge in [-0.05, 0) is 0 Å². The van der Waals surface area contributed by atoms with Crippen LogP contribution in [0.2, 0.25) is 4.47 Å². The number of halogens is 1. The molecule has 0 aliphatic rings. The summed E-state index contributed by atoms with van der Waals surface area (Å²) < 4.78 is 3.13. The molecule has 0 atom stereocenters. The minimum atomic E-state index is -0.123. The molecule has 0 unspecified atom stereocenters. The van der Waals surface area contributed by atoms with Gasteiger partial charge in [0, 0.05) is 24.4 Å². The van der Waals surface area contributed by atoms with Crippen LogP contribution in [0.15, 0.2) is 6.20 Å². The maximum atomic E-state index is 11.3. The fraction of sp³-hybridized carbons (Fsp3) is 0.429. The molecule has 0 radical (unpaired) electrons. The van der Waals surface area contributed by atoms with E-state index in [0.717, 1.165) is 4.88 Å². The van der Waals surface area contributed by atoms with Crippen molar-refractivity contribution >= 4 is 40.9 Å². The number of hydrogen-bond donors (Lipinski definition) is 1. The first-order chi connectivity index (χ1) is 6.63. The number of amides is 2. The van der Waals surface area contributed by atoms with Crippen LogP contribution in [0.5, 0.6) is 0 Å². The van der Waals surface area contributed by atoms with Crippen molar-refractivity contribution in [3.05, 3.63) is 15.5 Å². The first-order valence-electron chi connectivity index (χ1n) is 3.77. The van der Waals surface area contributed by atoms with E-state index in [-0.39, 0.29) is 6.03 Å². The highest BCUT2D eigenvalue weighted by Crippen LogP contribution is 2.18. The highest BCUT2D eigenvalue weighted by Gasteiger charge is 2.09. The van der Waals surface area contributed by atoms with Crippen LogP contribution >= 0.6 is 34.9 Å². The van der Waals surface area contributed by atoms with Crippen LogP contribution in [0.3, 0.4) is 0 Å². The molecule has 4 nitrogen and oxygen atoms in total. The Morgan fingerprint density at radius 3 is 3.07 bits per heavy atom. The van der Waals surface area contributed by atoms with E-state index in [1.54, 1.807) is 24.4 Å². The van der Waals surface area contributed by atoms with Gasteiger partial charge >= 0.3 is 6.03 Å². The number of thiazole rings is 1. The number of urea groups is 1. The molecular formula is C7H10ClN3OS2. The summed E-state index contributed by atoms with van der Waals surface area (Å²) in [5, 5.41) is 0. The Morgan fingerprint density at radius 2 is 2.57 bits per heavy atom. The zero-order valence-corrected chi connectivity index (χ0v) is 10.2. The fourth-order valence-electron chi connectivity index (χ4n) is 0.828. The van der Waals surface area contributed by atoms with Crippen molar-refractivity contribution < 1.29 is 4.79 Å². The lowest BCUT2D eigenvalue weighted by molar-refractivity contribution is 0.214. The largest absolute Gasteiger partial charge is 0.327 e. The van der Waals surface area contributed by atoms with E-state index in [1.165, 1.54) is 23.3 Å². The van der Waals surface area contributed by atoms with Gasteiger partial charge in [0.05, 0.1) is 6.54 Å². The summed E-state index contributed by atoms with van der Waals surface area (Å²) in [5.74, 6) is 0. The minimum Gasteiger partial charge on any atom is -0.322 e. The number of carbonyl (C=O) groups is 1. The van der Waals surface area contributed by atoms with Gasteiger partial charge in [-0.25, -0.2) is 9.78 Å². The predicted octanol–water partition coefficient (Wildman–Crippen LogP) is 2.22. The van der Waals surface area contributed by atoms with Gasteiger partial charge in [0.15, 0.2) is 4.47 Å². The van der Waals surface area contributed by atoms with Gasteiger partial charge in [0.2, 0.25) is 0 Å². The van der Waals surface area contributed by atoms with Crippen molar-refractivity contribution in [2.24, 2.45) is 0 Å².